The van der Waals surface area contributed by atoms with Crippen molar-refractivity contribution >= 4 is 23.8 Å². The predicted octanol–water partition coefficient (Wildman–Crippen LogP) is 3.81. The molecule has 2 N–H and O–H groups in total. The second-order valence-corrected chi connectivity index (χ2v) is 7.73. The Kier molecular flexibility index (Phi) is 9.31. The van der Waals surface area contributed by atoms with E-state index in [1.165, 1.54) is 46.8 Å². The van der Waals surface area contributed by atoms with Crippen LogP contribution in [0.4, 0.5) is 5.69 Å². The van der Waals surface area contributed by atoms with Crippen LogP contribution in [0, 0.1) is 6.92 Å². The minimum Gasteiger partial charge on any atom is -0.493 e. The molecule has 10 heteroatoms. The Balaban J connectivity index is 1.64. The number of anilines is 1. The van der Waals surface area contributed by atoms with Crippen molar-refractivity contribution in [1.82, 2.24) is 5.43 Å². The van der Waals surface area contributed by atoms with Crippen LogP contribution in [0.1, 0.15) is 21.5 Å². The molecule has 0 heterocycles. The Morgan fingerprint density at radius 3 is 2.16 bits per heavy atom. The fourth-order valence-corrected chi connectivity index (χ4v) is 3.36. The van der Waals surface area contributed by atoms with Crippen molar-refractivity contribution in [1.29, 1.82) is 0 Å². The summed E-state index contributed by atoms with van der Waals surface area (Å²) < 4.78 is 26.8. The first-order valence-corrected chi connectivity index (χ1v) is 11.2. The zero-order valence-electron chi connectivity index (χ0n) is 21.3. The molecule has 0 saturated carbocycles. The highest BCUT2D eigenvalue weighted by molar-refractivity contribution is 5.93. The molecule has 3 aromatic rings. The van der Waals surface area contributed by atoms with Crippen molar-refractivity contribution in [2.45, 2.75) is 6.92 Å². The van der Waals surface area contributed by atoms with E-state index in [1.807, 2.05) is 31.2 Å². The summed E-state index contributed by atoms with van der Waals surface area (Å²) >= 11 is 0. The number of ether oxygens (including phenoxy) is 5. The molecular formula is C27H29N3O7. The van der Waals surface area contributed by atoms with Crippen molar-refractivity contribution in [2.75, 3.05) is 40.3 Å². The molecule has 1 amide bonds. The van der Waals surface area contributed by atoms with Crippen molar-refractivity contribution in [3.63, 3.8) is 0 Å². The van der Waals surface area contributed by atoms with Crippen molar-refractivity contribution in [3.05, 3.63) is 71.3 Å². The highest BCUT2D eigenvalue weighted by Gasteiger charge is 2.19. The van der Waals surface area contributed by atoms with Crippen LogP contribution in [-0.2, 0) is 4.79 Å². The monoisotopic (exact) mass is 507 g/mol. The molecule has 0 saturated heterocycles. The van der Waals surface area contributed by atoms with Crippen LogP contribution >= 0.6 is 0 Å². The van der Waals surface area contributed by atoms with E-state index in [4.69, 9.17) is 23.7 Å². The lowest BCUT2D eigenvalue weighted by atomic mass is 10.1. The summed E-state index contributed by atoms with van der Waals surface area (Å²) in [6.45, 7) is 2.04. The van der Waals surface area contributed by atoms with Gasteiger partial charge in [-0.2, -0.15) is 5.10 Å². The molecule has 0 radical (unpaired) electrons. The average Bonchev–Trinajstić information content (AvgIpc) is 2.91. The number of carbonyl (C=O) groups excluding carboxylic acids is 2. The summed E-state index contributed by atoms with van der Waals surface area (Å²) in [6.07, 6.45) is 1.46. The van der Waals surface area contributed by atoms with E-state index in [0.29, 0.717) is 28.6 Å². The summed E-state index contributed by atoms with van der Waals surface area (Å²) in [6, 6.07) is 15.6. The number of esters is 1. The summed E-state index contributed by atoms with van der Waals surface area (Å²) in [5.74, 6) is 0.558. The van der Waals surface area contributed by atoms with Crippen LogP contribution in [0.2, 0.25) is 0 Å². The van der Waals surface area contributed by atoms with Gasteiger partial charge in [0.15, 0.2) is 23.0 Å². The first-order valence-electron chi connectivity index (χ1n) is 11.2. The number of hydrogen-bond donors (Lipinski definition) is 2. The van der Waals surface area contributed by atoms with Crippen molar-refractivity contribution in [2.24, 2.45) is 5.10 Å². The second-order valence-electron chi connectivity index (χ2n) is 7.73. The molecule has 0 aliphatic rings. The van der Waals surface area contributed by atoms with Crippen LogP contribution in [0.15, 0.2) is 59.7 Å². The Morgan fingerprint density at radius 1 is 0.838 bits per heavy atom. The van der Waals surface area contributed by atoms with Crippen molar-refractivity contribution in [3.8, 4) is 28.7 Å². The van der Waals surface area contributed by atoms with Crippen molar-refractivity contribution < 1.29 is 33.3 Å². The molecule has 194 valence electrons. The van der Waals surface area contributed by atoms with Crippen LogP contribution in [-0.4, -0.2) is 53.1 Å². The number of carbonyl (C=O) groups is 2. The van der Waals surface area contributed by atoms with Gasteiger partial charge in [0.05, 0.1) is 46.8 Å². The largest absolute Gasteiger partial charge is 0.493 e. The number of rotatable bonds is 11. The third-order valence-electron chi connectivity index (χ3n) is 5.16. The molecule has 0 fully saturated rings. The van der Waals surface area contributed by atoms with Gasteiger partial charge in [-0.1, -0.05) is 12.1 Å². The zero-order chi connectivity index (χ0) is 26.8. The maximum atomic E-state index is 12.8. The Hall–Kier alpha value is -4.73. The van der Waals surface area contributed by atoms with Crippen LogP contribution in [0.3, 0.4) is 0 Å². The molecule has 0 aliphatic heterocycles. The lowest BCUT2D eigenvalue weighted by Gasteiger charge is -2.14. The number of aryl methyl sites for hydroxylation is 1. The first kappa shape index (κ1) is 26.9. The van der Waals surface area contributed by atoms with Crippen LogP contribution in [0.5, 0.6) is 28.7 Å². The lowest BCUT2D eigenvalue weighted by molar-refractivity contribution is -0.119. The molecule has 0 unspecified atom stereocenters. The Labute approximate surface area is 215 Å². The lowest BCUT2D eigenvalue weighted by Crippen LogP contribution is -2.25. The van der Waals surface area contributed by atoms with E-state index in [9.17, 15) is 9.59 Å². The van der Waals surface area contributed by atoms with E-state index in [1.54, 1.807) is 18.2 Å². The standard InChI is InChI=1S/C27H29N3O7/c1-17-7-6-8-20(11-17)28-16-25(31)30-29-15-18-9-10-21(22(12-18)33-2)37-27(32)19-13-23(34-3)26(36-5)24(14-19)35-4/h6-15,28H,16H2,1-5H3,(H,30,31). The fourth-order valence-electron chi connectivity index (χ4n) is 3.36. The molecular weight excluding hydrogens is 478 g/mol. The molecule has 37 heavy (non-hydrogen) atoms. The van der Waals surface area contributed by atoms with Gasteiger partial charge in [-0.25, -0.2) is 10.2 Å². The van der Waals surface area contributed by atoms with Crippen LogP contribution in [0.25, 0.3) is 0 Å². The van der Waals surface area contributed by atoms with Gasteiger partial charge in [0, 0.05) is 5.69 Å². The molecule has 3 aromatic carbocycles. The van der Waals surface area contributed by atoms with Gasteiger partial charge in [-0.3, -0.25) is 4.79 Å². The number of benzene rings is 3. The maximum Gasteiger partial charge on any atom is 0.343 e. The molecule has 0 spiro atoms. The third kappa shape index (κ3) is 7.14. The van der Waals surface area contributed by atoms with Gasteiger partial charge in [-0.05, 0) is 60.5 Å². The van der Waals surface area contributed by atoms with Gasteiger partial charge in [-0.15, -0.1) is 0 Å². The van der Waals surface area contributed by atoms with E-state index < -0.39 is 5.97 Å². The molecule has 3 rings (SSSR count). The number of hydrogen-bond acceptors (Lipinski definition) is 9. The number of methoxy groups -OCH3 is 4. The Bertz CT molecular complexity index is 1270. The summed E-state index contributed by atoms with van der Waals surface area (Å²) in [5.41, 5.74) is 5.22. The minimum atomic E-state index is -0.646. The summed E-state index contributed by atoms with van der Waals surface area (Å²) in [7, 11) is 5.84. The predicted molar refractivity (Wildman–Crippen MR) is 139 cm³/mol. The van der Waals surface area contributed by atoms with Gasteiger partial charge < -0.3 is 29.0 Å². The maximum absolute atomic E-state index is 12.8. The number of nitrogens with one attached hydrogen (secondary N) is 2. The normalized spacial score (nSPS) is 10.5. The molecule has 0 aromatic heterocycles. The minimum absolute atomic E-state index is 0.0694. The summed E-state index contributed by atoms with van der Waals surface area (Å²) in [5, 5.41) is 7.01. The van der Waals surface area contributed by atoms with Gasteiger partial charge >= 0.3 is 5.97 Å². The van der Waals surface area contributed by atoms with Gasteiger partial charge in [0.25, 0.3) is 5.91 Å². The van der Waals surface area contributed by atoms with E-state index in [2.05, 4.69) is 15.8 Å². The first-order chi connectivity index (χ1) is 17.9. The highest BCUT2D eigenvalue weighted by atomic mass is 16.6. The van der Waals surface area contributed by atoms with Gasteiger partial charge in [0.1, 0.15) is 0 Å². The number of nitrogens with zero attached hydrogens (tertiary/aromatic N) is 1. The summed E-state index contributed by atoms with van der Waals surface area (Å²) in [4.78, 5) is 24.9. The molecule has 0 bridgehead atoms. The smallest absolute Gasteiger partial charge is 0.343 e. The van der Waals surface area contributed by atoms with E-state index in [-0.39, 0.29) is 23.8 Å². The molecule has 0 aliphatic carbocycles. The number of hydrazone groups is 1. The highest BCUT2D eigenvalue weighted by Crippen LogP contribution is 2.38. The topological polar surface area (TPSA) is 117 Å². The van der Waals surface area contributed by atoms with E-state index >= 15 is 0 Å². The molecule has 0 atom stereocenters. The SMILES string of the molecule is COc1cc(C=NNC(=O)CNc2cccc(C)c2)ccc1OC(=O)c1cc(OC)c(OC)c(OC)c1. The van der Waals surface area contributed by atoms with Crippen LogP contribution < -0.4 is 34.4 Å². The van der Waals surface area contributed by atoms with Gasteiger partial charge in [0.2, 0.25) is 5.75 Å². The zero-order valence-corrected chi connectivity index (χ0v) is 21.3. The fraction of sp³-hybridized carbons (Fsp3) is 0.222. The Morgan fingerprint density at radius 2 is 1.54 bits per heavy atom. The number of amides is 1. The van der Waals surface area contributed by atoms with E-state index in [0.717, 1.165) is 11.3 Å². The third-order valence-corrected chi connectivity index (χ3v) is 5.16. The molecule has 10 nitrogen and oxygen atoms in total. The average molecular weight is 508 g/mol. The quantitative estimate of drug-likeness (QED) is 0.174. The second kappa shape index (κ2) is 12.8.